The molecule has 0 bridgehead atoms. The minimum Gasteiger partial charge on any atom is -0.0701 e. The number of halogens is 12. The van der Waals surface area contributed by atoms with Crippen molar-refractivity contribution in [2.45, 2.75) is 67.5 Å². The van der Waals surface area contributed by atoms with Crippen molar-refractivity contribution >= 4 is 191 Å². The highest BCUT2D eigenvalue weighted by atomic mass is 79.9. The Morgan fingerprint density at radius 3 is 0.800 bits per heavy atom. The van der Waals surface area contributed by atoms with Crippen molar-refractivity contribution in [3.05, 3.63) is 26.8 Å². The topological polar surface area (TPSA) is 0 Å². The zero-order valence-corrected chi connectivity index (χ0v) is 34.4. The van der Waals surface area contributed by atoms with Crippen LogP contribution in [-0.2, 0) is 0 Å². The minimum atomic E-state index is -0.292. The van der Waals surface area contributed by atoms with E-state index in [-0.39, 0.29) is 9.70 Å². The fraction of sp³-hybridized carbons (Fsp3) is 0.667. The van der Waals surface area contributed by atoms with E-state index in [9.17, 15) is 0 Å². The molecule has 2 rings (SSSR count). The van der Waals surface area contributed by atoms with Crippen molar-refractivity contribution in [3.8, 4) is 0 Å². The predicted octanol–water partition coefficient (Wildman–Crippen LogP) is 14.2. The summed E-state index contributed by atoms with van der Waals surface area (Å²) in [6.07, 6.45) is 11.3. The molecule has 0 heterocycles. The Kier molecular flexibility index (Phi) is 16.3. The van der Waals surface area contributed by atoms with Crippen LogP contribution >= 0.6 is 191 Å². The minimum absolute atomic E-state index is 0.181. The number of hydrogen-bond donors (Lipinski definition) is 0. The highest BCUT2D eigenvalue weighted by Crippen LogP contribution is 2.63. The molecule has 0 spiro atoms. The van der Waals surface area contributed by atoms with Gasteiger partial charge >= 0.3 is 0 Å². The van der Waals surface area contributed by atoms with Gasteiger partial charge in [-0.3, -0.25) is 0 Å². The van der Waals surface area contributed by atoms with Gasteiger partial charge in [-0.1, -0.05) is 141 Å². The molecular weight excluding hydrogens is 1180 g/mol. The molecule has 1 aromatic rings. The number of benzene rings is 1. The summed E-state index contributed by atoms with van der Waals surface area (Å²) in [5, 5.41) is 0. The van der Waals surface area contributed by atoms with E-state index in [0.29, 0.717) is 0 Å². The molecule has 0 N–H and O–H groups in total. The van der Waals surface area contributed by atoms with Crippen LogP contribution in [-0.4, -0.2) is 9.70 Å². The summed E-state index contributed by atoms with van der Waals surface area (Å²) in [5.41, 5.74) is 0. The summed E-state index contributed by atoms with van der Waals surface area (Å²) in [6, 6.07) is 0. The zero-order chi connectivity index (χ0) is 23.3. The molecule has 174 valence electrons. The van der Waals surface area contributed by atoms with E-state index in [1.807, 2.05) is 0 Å². The Balaban J connectivity index is 0.000000325. The average Bonchev–Trinajstić information content (AvgIpc) is 2.67. The Hall–Kier alpha value is 4.98. The molecule has 0 amide bonds. The van der Waals surface area contributed by atoms with Gasteiger partial charge in [-0.2, -0.15) is 0 Å². The van der Waals surface area contributed by atoms with Gasteiger partial charge in [-0.05, 0) is 108 Å². The molecule has 0 aliphatic heterocycles. The third-order valence-corrected chi connectivity index (χ3v) is 23.4. The molecule has 1 saturated carbocycles. The number of rotatable bonds is 0. The first-order chi connectivity index (χ1) is 13.7. The first-order valence-electron chi connectivity index (χ1n) is 8.97. The van der Waals surface area contributed by atoms with Gasteiger partial charge in [0.1, 0.15) is 9.70 Å². The molecule has 0 atom stereocenters. The Morgan fingerprint density at radius 2 is 0.567 bits per heavy atom. The molecule has 1 aliphatic carbocycles. The Morgan fingerprint density at radius 1 is 0.367 bits per heavy atom. The summed E-state index contributed by atoms with van der Waals surface area (Å²) in [7, 11) is 0. The van der Waals surface area contributed by atoms with E-state index >= 15 is 0 Å². The van der Waals surface area contributed by atoms with E-state index in [0.717, 1.165) is 39.7 Å². The van der Waals surface area contributed by atoms with Gasteiger partial charge in [0.05, 0.1) is 0 Å². The molecule has 1 fully saturated rings. The van der Waals surface area contributed by atoms with E-state index in [1.165, 1.54) is 44.9 Å². The van der Waals surface area contributed by atoms with E-state index in [4.69, 9.17) is 0 Å². The lowest BCUT2D eigenvalue weighted by atomic mass is 10.0. The normalized spacial score (nSPS) is 21.6. The maximum atomic E-state index is 3.85. The molecule has 12 heteroatoms. The quantitative estimate of drug-likeness (QED) is 0.138. The molecule has 0 nitrogen and oxygen atoms in total. The second-order valence-corrected chi connectivity index (χ2v) is 22.6. The van der Waals surface area contributed by atoms with Crippen LogP contribution in [0.4, 0.5) is 0 Å². The fourth-order valence-electron chi connectivity index (χ4n) is 2.74. The van der Waals surface area contributed by atoms with Crippen LogP contribution in [0, 0.1) is 0 Å². The van der Waals surface area contributed by atoms with E-state index < -0.39 is 0 Å². The van der Waals surface area contributed by atoms with Crippen molar-refractivity contribution < 1.29 is 0 Å². The summed E-state index contributed by atoms with van der Waals surface area (Å²) < 4.78 is 5.20. The number of alkyl halides is 6. The van der Waals surface area contributed by atoms with E-state index in [1.54, 1.807) is 0 Å². The van der Waals surface area contributed by atoms with Crippen LogP contribution in [0.15, 0.2) is 26.8 Å². The molecule has 0 aromatic heterocycles. The van der Waals surface area contributed by atoms with Crippen LogP contribution in [0.1, 0.15) is 57.8 Å². The summed E-state index contributed by atoms with van der Waals surface area (Å²) in [5.74, 6) is 0. The SMILES string of the molecule is BrC1(Br)CCCCCCCCCC(Br)(Br)C1(Br)Br.Brc1c(Br)c(Br)c(Br)c(Br)c1Br. The van der Waals surface area contributed by atoms with Crippen LogP contribution in [0.5, 0.6) is 0 Å². The summed E-state index contributed by atoms with van der Waals surface area (Å²) in [6.45, 7) is 0. The average molecular weight is 1190 g/mol. The van der Waals surface area contributed by atoms with Crippen molar-refractivity contribution in [3.63, 3.8) is 0 Å². The second-order valence-electron chi connectivity index (χ2n) is 6.84. The van der Waals surface area contributed by atoms with Crippen LogP contribution in [0.3, 0.4) is 0 Å². The Bertz CT molecular complexity index is 585. The van der Waals surface area contributed by atoms with Crippen molar-refractivity contribution in [1.29, 1.82) is 0 Å². The lowest BCUT2D eigenvalue weighted by Gasteiger charge is -2.44. The number of hydrogen-bond acceptors (Lipinski definition) is 0. The molecule has 1 aliphatic rings. The maximum absolute atomic E-state index is 3.85. The molecule has 0 radical (unpaired) electrons. The van der Waals surface area contributed by atoms with Gasteiger partial charge < -0.3 is 0 Å². The van der Waals surface area contributed by atoms with Gasteiger partial charge in [0.25, 0.3) is 0 Å². The smallest absolute Gasteiger partial charge is 0.0701 e. The highest BCUT2D eigenvalue weighted by Gasteiger charge is 2.56. The van der Waals surface area contributed by atoms with Gasteiger partial charge in [-0.15, -0.1) is 0 Å². The molecular formula is C18H18Br12. The second kappa shape index (κ2) is 14.8. The Labute approximate surface area is 280 Å². The first-order valence-corrected chi connectivity index (χ1v) is 18.5. The third-order valence-electron chi connectivity index (χ3n) is 4.56. The maximum Gasteiger partial charge on any atom is 0.130 e. The van der Waals surface area contributed by atoms with Gasteiger partial charge in [0.2, 0.25) is 0 Å². The lowest BCUT2D eigenvalue weighted by molar-refractivity contribution is 0.502. The molecule has 1 aromatic carbocycles. The third kappa shape index (κ3) is 9.07. The fourth-order valence-corrected chi connectivity index (χ4v) is 11.0. The zero-order valence-electron chi connectivity index (χ0n) is 15.4. The van der Waals surface area contributed by atoms with Gasteiger partial charge in [0.15, 0.2) is 0 Å². The first kappa shape index (κ1) is 33.0. The van der Waals surface area contributed by atoms with Gasteiger partial charge in [0, 0.05) is 26.8 Å². The van der Waals surface area contributed by atoms with E-state index in [2.05, 4.69) is 191 Å². The lowest BCUT2D eigenvalue weighted by Crippen LogP contribution is -2.47. The van der Waals surface area contributed by atoms with Crippen molar-refractivity contribution in [2.75, 3.05) is 0 Å². The van der Waals surface area contributed by atoms with Gasteiger partial charge in [-0.25, -0.2) is 0 Å². The molecule has 30 heavy (non-hydrogen) atoms. The van der Waals surface area contributed by atoms with Crippen LogP contribution in [0.25, 0.3) is 0 Å². The van der Waals surface area contributed by atoms with Crippen LogP contribution in [0.2, 0.25) is 0 Å². The molecule has 0 saturated heterocycles. The summed E-state index contributed by atoms with van der Waals surface area (Å²) >= 11 is 43.7. The summed E-state index contributed by atoms with van der Waals surface area (Å²) in [4.78, 5) is 0. The molecule has 0 unspecified atom stereocenters. The van der Waals surface area contributed by atoms with Crippen LogP contribution < -0.4 is 0 Å². The standard InChI is InChI=1S/C12H18Br6.C6Br6/c13-10(14)8-6-4-2-1-3-5-7-9-11(15,16)12(10,17)18;7-1-2(8)4(10)6(12)5(11)3(1)9/h1-9H2;. The largest absolute Gasteiger partial charge is 0.130 e. The van der Waals surface area contributed by atoms with Crippen molar-refractivity contribution in [2.24, 2.45) is 0 Å². The predicted molar refractivity (Wildman–Crippen MR) is 176 cm³/mol. The monoisotopic (exact) mass is 1180 g/mol. The van der Waals surface area contributed by atoms with Crippen molar-refractivity contribution in [1.82, 2.24) is 0 Å². The highest BCUT2D eigenvalue weighted by molar-refractivity contribution is 9.33.